The molecular weight excluding hydrogens is 304 g/mol. The van der Waals surface area contributed by atoms with E-state index in [-0.39, 0.29) is 5.91 Å². The topological polar surface area (TPSA) is 88.3 Å². The van der Waals surface area contributed by atoms with Gasteiger partial charge in [0.1, 0.15) is 5.82 Å². The molecule has 0 saturated carbocycles. The lowest BCUT2D eigenvalue weighted by Crippen LogP contribution is -2.32. The van der Waals surface area contributed by atoms with Gasteiger partial charge in [-0.15, -0.1) is 0 Å². The van der Waals surface area contributed by atoms with Gasteiger partial charge in [0, 0.05) is 30.5 Å². The van der Waals surface area contributed by atoms with Gasteiger partial charge < -0.3 is 16.0 Å². The van der Waals surface area contributed by atoms with Gasteiger partial charge in [0.2, 0.25) is 5.91 Å². The average Bonchev–Trinajstić information content (AvgIpc) is 2.63. The summed E-state index contributed by atoms with van der Waals surface area (Å²) in [5.74, 6) is 0.0199. The highest BCUT2D eigenvalue weighted by molar-refractivity contribution is 6.07. The van der Waals surface area contributed by atoms with Crippen LogP contribution >= 0.6 is 0 Å². The van der Waals surface area contributed by atoms with Crippen molar-refractivity contribution in [2.75, 3.05) is 23.3 Å². The number of aromatic nitrogens is 1. The summed E-state index contributed by atoms with van der Waals surface area (Å²) in [4.78, 5) is 30.3. The summed E-state index contributed by atoms with van der Waals surface area (Å²) in [7, 11) is 0. The number of primary amides is 1. The SMILES string of the molecule is NC(=O)c1ccc(NC(=O)c2cccnc2N2CCCCC2)cc1. The zero-order valence-corrected chi connectivity index (χ0v) is 13.4. The van der Waals surface area contributed by atoms with E-state index in [0.29, 0.717) is 16.8 Å². The van der Waals surface area contributed by atoms with Crippen molar-refractivity contribution >= 4 is 23.3 Å². The smallest absolute Gasteiger partial charge is 0.259 e. The van der Waals surface area contributed by atoms with Gasteiger partial charge >= 0.3 is 0 Å². The number of carbonyl (C=O) groups is 2. The molecule has 3 N–H and O–H groups in total. The van der Waals surface area contributed by atoms with Gasteiger partial charge in [-0.25, -0.2) is 4.98 Å². The highest BCUT2D eigenvalue weighted by atomic mass is 16.2. The van der Waals surface area contributed by atoms with Gasteiger partial charge in [0.25, 0.3) is 5.91 Å². The number of piperidine rings is 1. The maximum Gasteiger partial charge on any atom is 0.259 e. The maximum atomic E-state index is 12.6. The van der Waals surface area contributed by atoms with Gasteiger partial charge in [-0.2, -0.15) is 0 Å². The molecule has 2 heterocycles. The number of carbonyl (C=O) groups excluding carboxylic acids is 2. The molecule has 0 unspecified atom stereocenters. The Hall–Kier alpha value is -2.89. The Morgan fingerprint density at radius 3 is 2.42 bits per heavy atom. The minimum absolute atomic E-state index is 0.213. The second-order valence-corrected chi connectivity index (χ2v) is 5.82. The summed E-state index contributed by atoms with van der Waals surface area (Å²) in [6, 6.07) is 10.0. The van der Waals surface area contributed by atoms with E-state index >= 15 is 0 Å². The van der Waals surface area contributed by atoms with Crippen LogP contribution in [0.2, 0.25) is 0 Å². The van der Waals surface area contributed by atoms with Gasteiger partial charge in [0.05, 0.1) is 5.56 Å². The Labute approximate surface area is 140 Å². The van der Waals surface area contributed by atoms with Gasteiger partial charge in [0.15, 0.2) is 0 Å². The largest absolute Gasteiger partial charge is 0.366 e. The van der Waals surface area contributed by atoms with Crippen molar-refractivity contribution in [2.45, 2.75) is 19.3 Å². The second kappa shape index (κ2) is 7.12. The summed E-state index contributed by atoms with van der Waals surface area (Å²) >= 11 is 0. The first-order valence-electron chi connectivity index (χ1n) is 8.06. The van der Waals surface area contributed by atoms with Gasteiger partial charge in [-0.3, -0.25) is 9.59 Å². The van der Waals surface area contributed by atoms with Crippen LogP contribution in [-0.4, -0.2) is 29.9 Å². The first kappa shape index (κ1) is 16.0. The molecule has 1 fully saturated rings. The summed E-state index contributed by atoms with van der Waals surface area (Å²) in [6.07, 6.45) is 5.16. The molecule has 124 valence electrons. The zero-order chi connectivity index (χ0) is 16.9. The van der Waals surface area contributed by atoms with Crippen molar-refractivity contribution < 1.29 is 9.59 Å². The molecule has 0 aliphatic carbocycles. The number of nitrogens with zero attached hydrogens (tertiary/aromatic N) is 2. The van der Waals surface area contributed by atoms with Crippen LogP contribution in [0.5, 0.6) is 0 Å². The van der Waals surface area contributed by atoms with Crippen LogP contribution in [0.1, 0.15) is 40.0 Å². The number of hydrogen-bond acceptors (Lipinski definition) is 4. The van der Waals surface area contributed by atoms with Crippen molar-refractivity contribution in [1.29, 1.82) is 0 Å². The first-order chi connectivity index (χ1) is 11.6. The normalized spacial score (nSPS) is 14.2. The van der Waals surface area contributed by atoms with Crippen molar-refractivity contribution in [3.63, 3.8) is 0 Å². The molecular formula is C18H20N4O2. The summed E-state index contributed by atoms with van der Waals surface area (Å²) in [5.41, 5.74) is 6.79. The molecule has 0 bridgehead atoms. The number of nitrogens with two attached hydrogens (primary N) is 1. The first-order valence-corrected chi connectivity index (χ1v) is 8.06. The molecule has 0 radical (unpaired) electrons. The minimum atomic E-state index is -0.493. The molecule has 6 nitrogen and oxygen atoms in total. The van der Waals surface area contributed by atoms with Crippen molar-refractivity contribution in [1.82, 2.24) is 4.98 Å². The average molecular weight is 324 g/mol. The van der Waals surface area contributed by atoms with Crippen molar-refractivity contribution in [2.24, 2.45) is 5.73 Å². The van der Waals surface area contributed by atoms with E-state index < -0.39 is 5.91 Å². The summed E-state index contributed by atoms with van der Waals surface area (Å²) in [5, 5.41) is 2.85. The Bertz CT molecular complexity index is 737. The van der Waals surface area contributed by atoms with Gasteiger partial charge in [-0.1, -0.05) is 0 Å². The van der Waals surface area contributed by atoms with E-state index in [2.05, 4.69) is 15.2 Å². The number of benzene rings is 1. The number of pyridine rings is 1. The molecule has 24 heavy (non-hydrogen) atoms. The predicted molar refractivity (Wildman–Crippen MR) is 93.2 cm³/mol. The zero-order valence-electron chi connectivity index (χ0n) is 13.4. The predicted octanol–water partition coefficient (Wildman–Crippen LogP) is 2.42. The van der Waals surface area contributed by atoms with Crippen LogP contribution in [0.4, 0.5) is 11.5 Å². The molecule has 1 aromatic heterocycles. The lowest BCUT2D eigenvalue weighted by molar-refractivity contribution is 0.0998. The minimum Gasteiger partial charge on any atom is -0.366 e. The molecule has 1 saturated heterocycles. The van der Waals surface area contributed by atoms with Crippen LogP contribution in [0, 0.1) is 0 Å². The van der Waals surface area contributed by atoms with Crippen LogP contribution in [0.25, 0.3) is 0 Å². The van der Waals surface area contributed by atoms with Crippen molar-refractivity contribution in [3.05, 3.63) is 53.7 Å². The lowest BCUT2D eigenvalue weighted by atomic mass is 10.1. The number of anilines is 2. The number of amides is 2. The van der Waals surface area contributed by atoms with Crippen LogP contribution in [0.15, 0.2) is 42.6 Å². The Balaban J connectivity index is 1.78. The summed E-state index contributed by atoms with van der Waals surface area (Å²) in [6.45, 7) is 1.84. The fourth-order valence-electron chi connectivity index (χ4n) is 2.85. The Morgan fingerprint density at radius 2 is 1.75 bits per heavy atom. The third kappa shape index (κ3) is 3.53. The van der Waals surface area contributed by atoms with E-state index in [9.17, 15) is 9.59 Å². The quantitative estimate of drug-likeness (QED) is 0.904. The van der Waals surface area contributed by atoms with Crippen LogP contribution in [-0.2, 0) is 0 Å². The van der Waals surface area contributed by atoms with Gasteiger partial charge in [-0.05, 0) is 55.7 Å². The van der Waals surface area contributed by atoms with Crippen LogP contribution in [0.3, 0.4) is 0 Å². The van der Waals surface area contributed by atoms with E-state index in [4.69, 9.17) is 5.73 Å². The monoisotopic (exact) mass is 324 g/mol. The van der Waals surface area contributed by atoms with Crippen LogP contribution < -0.4 is 16.0 Å². The third-order valence-electron chi connectivity index (χ3n) is 4.11. The molecule has 2 aromatic rings. The molecule has 6 heteroatoms. The molecule has 2 amide bonds. The maximum absolute atomic E-state index is 12.6. The van der Waals surface area contributed by atoms with E-state index in [1.54, 1.807) is 42.6 Å². The molecule has 0 atom stereocenters. The fourth-order valence-corrected chi connectivity index (χ4v) is 2.85. The number of rotatable bonds is 4. The lowest BCUT2D eigenvalue weighted by Gasteiger charge is -2.29. The highest BCUT2D eigenvalue weighted by Gasteiger charge is 2.19. The Morgan fingerprint density at radius 1 is 1.04 bits per heavy atom. The Kier molecular flexibility index (Phi) is 4.74. The molecule has 1 aromatic carbocycles. The molecule has 3 rings (SSSR count). The molecule has 0 spiro atoms. The standard InChI is InChI=1S/C18H20N4O2/c19-16(23)13-6-8-14(9-7-13)21-18(24)15-5-4-10-20-17(15)22-11-2-1-3-12-22/h4-10H,1-3,11-12H2,(H2,19,23)(H,21,24). The fraction of sp³-hybridized carbons (Fsp3) is 0.278. The second-order valence-electron chi connectivity index (χ2n) is 5.82. The van der Waals surface area contributed by atoms with E-state index in [1.807, 2.05) is 0 Å². The van der Waals surface area contributed by atoms with E-state index in [0.717, 1.165) is 31.7 Å². The van der Waals surface area contributed by atoms with Crippen molar-refractivity contribution in [3.8, 4) is 0 Å². The molecule has 1 aliphatic rings. The van der Waals surface area contributed by atoms with E-state index in [1.165, 1.54) is 6.42 Å². The molecule has 1 aliphatic heterocycles. The third-order valence-corrected chi connectivity index (χ3v) is 4.11. The summed E-state index contributed by atoms with van der Waals surface area (Å²) < 4.78 is 0. The number of hydrogen-bond donors (Lipinski definition) is 2. The number of nitrogens with one attached hydrogen (secondary N) is 1. The highest BCUT2D eigenvalue weighted by Crippen LogP contribution is 2.22.